The van der Waals surface area contributed by atoms with Crippen LogP contribution < -0.4 is 0 Å². The van der Waals surface area contributed by atoms with Gasteiger partial charge in [0.05, 0.1) is 31.5 Å². The highest BCUT2D eigenvalue weighted by Crippen LogP contribution is 2.24. The number of rotatable bonds is 7. The highest BCUT2D eigenvalue weighted by molar-refractivity contribution is 6.00. The van der Waals surface area contributed by atoms with E-state index < -0.39 is 17.9 Å². The van der Waals surface area contributed by atoms with Crippen molar-refractivity contribution in [3.63, 3.8) is 0 Å². The third kappa shape index (κ3) is 4.21. The van der Waals surface area contributed by atoms with Crippen molar-refractivity contribution in [2.75, 3.05) is 20.3 Å². The van der Waals surface area contributed by atoms with Crippen molar-refractivity contribution >= 4 is 17.9 Å². The first kappa shape index (κ1) is 19.0. The molecule has 0 fully saturated rings. The molecule has 0 aliphatic heterocycles. The molecule has 0 saturated carbocycles. The summed E-state index contributed by atoms with van der Waals surface area (Å²) in [4.78, 5) is 35.8. The molecule has 10 nitrogen and oxygen atoms in total. The first-order valence-corrected chi connectivity index (χ1v) is 7.83. The van der Waals surface area contributed by atoms with E-state index in [1.165, 1.54) is 30.0 Å². The Hall–Kier alpha value is -3.30. The number of carbonyl (C=O) groups is 3. The maximum Gasteiger partial charge on any atom is 0.338 e. The molecule has 0 N–H and O–H groups in total. The van der Waals surface area contributed by atoms with Gasteiger partial charge in [-0.2, -0.15) is 0 Å². The van der Waals surface area contributed by atoms with Gasteiger partial charge < -0.3 is 14.2 Å². The molecule has 26 heavy (non-hydrogen) atoms. The molecule has 0 atom stereocenters. The van der Waals surface area contributed by atoms with Crippen molar-refractivity contribution in [1.82, 2.24) is 20.2 Å². The fraction of sp³-hybridized carbons (Fsp3) is 0.375. The highest BCUT2D eigenvalue weighted by atomic mass is 16.5. The van der Waals surface area contributed by atoms with Gasteiger partial charge in [-0.1, -0.05) is 0 Å². The van der Waals surface area contributed by atoms with Crippen LogP contribution in [0.2, 0.25) is 0 Å². The quantitative estimate of drug-likeness (QED) is 0.521. The van der Waals surface area contributed by atoms with Crippen molar-refractivity contribution in [3.8, 4) is 11.4 Å². The first-order valence-electron chi connectivity index (χ1n) is 7.83. The van der Waals surface area contributed by atoms with Gasteiger partial charge in [0.1, 0.15) is 6.54 Å². The SMILES string of the molecule is CCOC(=O)Cn1nnnc1-c1ccc(C(=O)OCC)cc1C(=O)OC. The second-order valence-corrected chi connectivity index (χ2v) is 4.94. The number of esters is 3. The molecule has 2 aromatic rings. The van der Waals surface area contributed by atoms with Gasteiger partial charge in [0, 0.05) is 5.56 Å². The molecule has 138 valence electrons. The van der Waals surface area contributed by atoms with E-state index in [-0.39, 0.29) is 36.7 Å². The number of aromatic nitrogens is 4. The molecular formula is C16H18N4O6. The minimum absolute atomic E-state index is 0.0676. The lowest BCUT2D eigenvalue weighted by Crippen LogP contribution is -2.16. The van der Waals surface area contributed by atoms with E-state index in [4.69, 9.17) is 14.2 Å². The summed E-state index contributed by atoms with van der Waals surface area (Å²) in [6.45, 7) is 3.55. The van der Waals surface area contributed by atoms with Crippen LogP contribution in [0.3, 0.4) is 0 Å². The number of tetrazole rings is 1. The number of carbonyl (C=O) groups excluding carboxylic acids is 3. The fourth-order valence-corrected chi connectivity index (χ4v) is 2.19. The number of nitrogens with zero attached hydrogens (tertiary/aromatic N) is 4. The molecule has 0 aliphatic rings. The molecule has 1 aromatic carbocycles. The predicted octanol–water partition coefficient (Wildman–Crippen LogP) is 0.866. The van der Waals surface area contributed by atoms with E-state index in [0.29, 0.717) is 5.56 Å². The van der Waals surface area contributed by atoms with Crippen LogP contribution in [0, 0.1) is 0 Å². The summed E-state index contributed by atoms with van der Waals surface area (Å²) >= 11 is 0. The van der Waals surface area contributed by atoms with Crippen molar-refractivity contribution in [3.05, 3.63) is 29.3 Å². The summed E-state index contributed by atoms with van der Waals surface area (Å²) in [5.41, 5.74) is 0.553. The second kappa shape index (κ2) is 8.70. The maximum atomic E-state index is 12.2. The lowest BCUT2D eigenvalue weighted by Gasteiger charge is -2.10. The molecule has 10 heteroatoms. The monoisotopic (exact) mass is 362 g/mol. The summed E-state index contributed by atoms with van der Waals surface area (Å²) in [5.74, 6) is -1.62. The Bertz CT molecular complexity index is 817. The molecule has 0 radical (unpaired) electrons. The zero-order valence-electron chi connectivity index (χ0n) is 14.6. The zero-order chi connectivity index (χ0) is 19.1. The minimum Gasteiger partial charge on any atom is -0.465 e. The molecule has 0 bridgehead atoms. The highest BCUT2D eigenvalue weighted by Gasteiger charge is 2.22. The van der Waals surface area contributed by atoms with Gasteiger partial charge in [-0.15, -0.1) is 5.10 Å². The van der Waals surface area contributed by atoms with E-state index >= 15 is 0 Å². The van der Waals surface area contributed by atoms with Crippen molar-refractivity contribution in [1.29, 1.82) is 0 Å². The van der Waals surface area contributed by atoms with E-state index in [9.17, 15) is 14.4 Å². The Labute approximate surface area is 149 Å². The molecular weight excluding hydrogens is 344 g/mol. The molecule has 1 aromatic heterocycles. The average Bonchev–Trinajstić information content (AvgIpc) is 3.08. The Morgan fingerprint density at radius 2 is 1.81 bits per heavy atom. The summed E-state index contributed by atoms with van der Waals surface area (Å²) in [7, 11) is 1.21. The van der Waals surface area contributed by atoms with Crippen LogP contribution in [0.1, 0.15) is 34.6 Å². The summed E-state index contributed by atoms with van der Waals surface area (Å²) in [6, 6.07) is 4.30. The van der Waals surface area contributed by atoms with E-state index in [1.807, 2.05) is 0 Å². The smallest absolute Gasteiger partial charge is 0.338 e. The number of methoxy groups -OCH3 is 1. The van der Waals surface area contributed by atoms with Crippen LogP contribution in [0.4, 0.5) is 0 Å². The van der Waals surface area contributed by atoms with Crippen LogP contribution in [0.15, 0.2) is 18.2 Å². The molecule has 0 aliphatic carbocycles. The third-order valence-corrected chi connectivity index (χ3v) is 3.29. The molecule has 0 unspecified atom stereocenters. The number of ether oxygens (including phenoxy) is 3. The second-order valence-electron chi connectivity index (χ2n) is 4.94. The Morgan fingerprint density at radius 3 is 2.46 bits per heavy atom. The Kier molecular flexibility index (Phi) is 6.36. The lowest BCUT2D eigenvalue weighted by atomic mass is 10.0. The first-order chi connectivity index (χ1) is 12.5. The number of hydrogen-bond acceptors (Lipinski definition) is 9. The lowest BCUT2D eigenvalue weighted by molar-refractivity contribution is -0.144. The van der Waals surface area contributed by atoms with Crippen LogP contribution in [0.5, 0.6) is 0 Å². The van der Waals surface area contributed by atoms with Crippen molar-refractivity contribution in [2.45, 2.75) is 20.4 Å². The van der Waals surface area contributed by atoms with Gasteiger partial charge in [-0.05, 0) is 42.5 Å². The van der Waals surface area contributed by atoms with Crippen LogP contribution in [-0.2, 0) is 25.5 Å². The van der Waals surface area contributed by atoms with Crippen molar-refractivity contribution in [2.24, 2.45) is 0 Å². The maximum absolute atomic E-state index is 12.2. The predicted molar refractivity (Wildman–Crippen MR) is 87.2 cm³/mol. The van der Waals surface area contributed by atoms with Gasteiger partial charge in [0.15, 0.2) is 5.82 Å². The molecule has 0 amide bonds. The summed E-state index contributed by atoms with van der Waals surface area (Å²) in [6.07, 6.45) is 0. The normalized spacial score (nSPS) is 10.3. The molecule has 0 saturated heterocycles. The molecule has 0 spiro atoms. The van der Waals surface area contributed by atoms with Gasteiger partial charge in [0.25, 0.3) is 0 Å². The van der Waals surface area contributed by atoms with Crippen LogP contribution in [0.25, 0.3) is 11.4 Å². The van der Waals surface area contributed by atoms with E-state index in [2.05, 4.69) is 15.5 Å². The average molecular weight is 362 g/mol. The van der Waals surface area contributed by atoms with Crippen LogP contribution >= 0.6 is 0 Å². The largest absolute Gasteiger partial charge is 0.465 e. The van der Waals surface area contributed by atoms with Gasteiger partial charge in [0.2, 0.25) is 0 Å². The van der Waals surface area contributed by atoms with Gasteiger partial charge >= 0.3 is 17.9 Å². The Balaban J connectivity index is 2.46. The topological polar surface area (TPSA) is 123 Å². The zero-order valence-corrected chi connectivity index (χ0v) is 14.6. The van der Waals surface area contributed by atoms with E-state index in [1.54, 1.807) is 13.8 Å². The van der Waals surface area contributed by atoms with Crippen LogP contribution in [-0.4, -0.2) is 58.4 Å². The minimum atomic E-state index is -0.683. The fourth-order valence-electron chi connectivity index (χ4n) is 2.19. The Morgan fingerprint density at radius 1 is 1.08 bits per heavy atom. The third-order valence-electron chi connectivity index (χ3n) is 3.29. The standard InChI is InChI=1S/C16H18N4O6/c1-4-25-13(21)9-20-14(17-18-19-20)11-7-6-10(15(22)26-5-2)8-12(11)16(23)24-3/h6-8H,4-5,9H2,1-3H3. The van der Waals surface area contributed by atoms with Gasteiger partial charge in [-0.25, -0.2) is 14.3 Å². The summed E-state index contributed by atoms with van der Waals surface area (Å²) < 4.78 is 15.8. The summed E-state index contributed by atoms with van der Waals surface area (Å²) in [5, 5.41) is 11.1. The van der Waals surface area contributed by atoms with Gasteiger partial charge in [-0.3, -0.25) is 4.79 Å². The molecule has 2 rings (SSSR count). The van der Waals surface area contributed by atoms with Crippen molar-refractivity contribution < 1.29 is 28.6 Å². The molecule has 1 heterocycles. The number of benzene rings is 1. The number of hydrogen-bond donors (Lipinski definition) is 0. The van der Waals surface area contributed by atoms with E-state index in [0.717, 1.165) is 0 Å².